The Labute approximate surface area is 89.8 Å². The van der Waals surface area contributed by atoms with Crippen molar-refractivity contribution in [2.45, 2.75) is 0 Å². The second-order valence-corrected chi connectivity index (χ2v) is 3.83. The fourth-order valence-electron chi connectivity index (χ4n) is 0.649. The number of hydrogen-bond donors (Lipinski definition) is 0. The Kier molecular flexibility index (Phi) is 3.58. The minimum atomic E-state index is -0.315. The lowest BCUT2D eigenvalue weighted by molar-refractivity contribution is 0.613. The molecule has 3 nitrogen and oxygen atoms in total. The van der Waals surface area contributed by atoms with E-state index in [1.807, 2.05) is 36.7 Å². The van der Waals surface area contributed by atoms with Gasteiger partial charge in [-0.05, 0) is 28.7 Å². The number of aliphatic imine (C=N–C) groups is 1. The molecule has 0 radical (unpaired) electrons. The predicted molar refractivity (Wildman–Crippen MR) is 58.8 cm³/mol. The van der Waals surface area contributed by atoms with Crippen molar-refractivity contribution in [1.29, 1.82) is 0 Å². The molecular weight excluding hydrogens is 284 g/mol. The van der Waals surface area contributed by atoms with E-state index in [0.717, 1.165) is 0 Å². The van der Waals surface area contributed by atoms with Crippen molar-refractivity contribution in [3.8, 4) is 0 Å². The molecule has 5 heteroatoms. The van der Waals surface area contributed by atoms with Crippen LogP contribution in [0.25, 0.3) is 0 Å². The summed E-state index contributed by atoms with van der Waals surface area (Å²) in [6.45, 7) is 0. The Bertz CT molecular complexity index is 325. The van der Waals surface area contributed by atoms with Gasteiger partial charge >= 0.3 is 0 Å². The van der Waals surface area contributed by atoms with Crippen LogP contribution in [-0.4, -0.2) is 30.3 Å². The molecule has 0 aliphatic heterocycles. The largest absolute Gasteiger partial charge is 0.369 e. The lowest BCUT2D eigenvalue weighted by atomic mass is 10.4. The van der Waals surface area contributed by atoms with Gasteiger partial charge in [0.1, 0.15) is 0 Å². The van der Waals surface area contributed by atoms with Gasteiger partial charge in [-0.1, -0.05) is 0 Å². The monoisotopic (exact) mass is 293 g/mol. The van der Waals surface area contributed by atoms with Crippen molar-refractivity contribution in [2.24, 2.45) is 4.99 Å². The van der Waals surface area contributed by atoms with E-state index in [2.05, 4.69) is 9.98 Å². The maximum absolute atomic E-state index is 12.8. The molecule has 1 rings (SSSR count). The Morgan fingerprint density at radius 1 is 1.62 bits per heavy atom. The fourth-order valence-corrected chi connectivity index (χ4v) is 1.07. The van der Waals surface area contributed by atoms with E-state index in [1.54, 1.807) is 17.3 Å². The summed E-state index contributed by atoms with van der Waals surface area (Å²) < 4.78 is 13.3. The quantitative estimate of drug-likeness (QED) is 0.474. The highest BCUT2D eigenvalue weighted by atomic mass is 127. The smallest absolute Gasteiger partial charge is 0.154 e. The maximum atomic E-state index is 12.8. The van der Waals surface area contributed by atoms with Gasteiger partial charge in [0.25, 0.3) is 0 Å². The molecule has 70 valence electrons. The molecule has 0 bridgehead atoms. The Balaban J connectivity index is 2.85. The average molecular weight is 293 g/mol. The second-order valence-electron chi connectivity index (χ2n) is 2.66. The number of pyridine rings is 1. The average Bonchev–Trinajstić information content (AvgIpc) is 2.07. The summed E-state index contributed by atoms with van der Waals surface area (Å²) in [7, 11) is 3.72. The Hall–Kier alpha value is -0.720. The van der Waals surface area contributed by atoms with Crippen LogP contribution in [0.1, 0.15) is 0 Å². The van der Waals surface area contributed by atoms with Crippen LogP contribution >= 0.6 is 22.6 Å². The van der Waals surface area contributed by atoms with E-state index in [-0.39, 0.29) is 5.82 Å². The van der Waals surface area contributed by atoms with Gasteiger partial charge in [0.05, 0.1) is 16.1 Å². The van der Waals surface area contributed by atoms with Gasteiger partial charge in [-0.15, -0.1) is 0 Å². The molecule has 0 aromatic carbocycles. The summed E-state index contributed by atoms with van der Waals surface area (Å²) in [6, 6.07) is 1.59. The molecule has 0 amide bonds. The molecule has 0 spiro atoms. The van der Waals surface area contributed by atoms with Gasteiger partial charge in [0, 0.05) is 14.1 Å². The van der Waals surface area contributed by atoms with Crippen LogP contribution in [0.2, 0.25) is 0 Å². The highest BCUT2D eigenvalue weighted by Crippen LogP contribution is 2.15. The third-order valence-electron chi connectivity index (χ3n) is 1.22. The van der Waals surface area contributed by atoms with Gasteiger partial charge in [0.15, 0.2) is 11.6 Å². The summed E-state index contributed by atoms with van der Waals surface area (Å²) in [4.78, 5) is 9.62. The van der Waals surface area contributed by atoms with Crippen LogP contribution in [0.4, 0.5) is 10.2 Å². The lowest BCUT2D eigenvalue weighted by Crippen LogP contribution is -2.07. The fraction of sp³-hybridized carbons (Fsp3) is 0.250. The SMILES string of the molecule is CN(C)C=Nc1cc(I)c(F)cn1. The number of aromatic nitrogens is 1. The Morgan fingerprint density at radius 3 is 2.85 bits per heavy atom. The van der Waals surface area contributed by atoms with Crippen LogP contribution in [0, 0.1) is 9.39 Å². The van der Waals surface area contributed by atoms with Crippen molar-refractivity contribution in [3.05, 3.63) is 21.7 Å². The highest BCUT2D eigenvalue weighted by Gasteiger charge is 1.99. The highest BCUT2D eigenvalue weighted by molar-refractivity contribution is 14.1. The molecule has 0 aliphatic rings. The number of hydrogen-bond acceptors (Lipinski definition) is 2. The topological polar surface area (TPSA) is 28.5 Å². The van der Waals surface area contributed by atoms with Crippen LogP contribution < -0.4 is 0 Å². The van der Waals surface area contributed by atoms with Gasteiger partial charge in [-0.25, -0.2) is 14.4 Å². The molecule has 0 saturated carbocycles. The van der Waals surface area contributed by atoms with Gasteiger partial charge in [-0.2, -0.15) is 0 Å². The zero-order valence-electron chi connectivity index (χ0n) is 7.33. The summed E-state index contributed by atoms with van der Waals surface area (Å²) in [6.07, 6.45) is 2.79. The number of halogens is 2. The minimum absolute atomic E-state index is 0.315. The van der Waals surface area contributed by atoms with E-state index < -0.39 is 0 Å². The first kappa shape index (κ1) is 10.4. The Morgan fingerprint density at radius 2 is 2.31 bits per heavy atom. The number of nitrogens with zero attached hydrogens (tertiary/aromatic N) is 3. The van der Waals surface area contributed by atoms with E-state index in [0.29, 0.717) is 9.39 Å². The minimum Gasteiger partial charge on any atom is -0.369 e. The third-order valence-corrected chi connectivity index (χ3v) is 2.04. The predicted octanol–water partition coefficient (Wildman–Crippen LogP) is 2.05. The maximum Gasteiger partial charge on any atom is 0.154 e. The third kappa shape index (κ3) is 3.25. The first-order valence-corrected chi connectivity index (χ1v) is 4.69. The van der Waals surface area contributed by atoms with Crippen molar-refractivity contribution < 1.29 is 4.39 Å². The standard InChI is InChI=1S/C8H9FIN3/c1-13(2)5-12-8-3-7(10)6(9)4-11-8/h3-5H,1-2H3. The molecule has 0 saturated heterocycles. The number of rotatable bonds is 2. The van der Waals surface area contributed by atoms with E-state index in [1.165, 1.54) is 6.20 Å². The molecule has 1 heterocycles. The molecule has 0 atom stereocenters. The zero-order chi connectivity index (χ0) is 9.84. The van der Waals surface area contributed by atoms with Crippen LogP contribution in [0.3, 0.4) is 0 Å². The molecule has 0 N–H and O–H groups in total. The van der Waals surface area contributed by atoms with Gasteiger partial charge in [-0.3, -0.25) is 0 Å². The van der Waals surface area contributed by atoms with Crippen LogP contribution in [-0.2, 0) is 0 Å². The normalized spacial score (nSPS) is 10.8. The summed E-state index contributed by atoms with van der Waals surface area (Å²) in [5.74, 6) is 0.198. The first-order valence-electron chi connectivity index (χ1n) is 3.61. The van der Waals surface area contributed by atoms with Gasteiger partial charge in [0.2, 0.25) is 0 Å². The van der Waals surface area contributed by atoms with Crippen molar-refractivity contribution in [2.75, 3.05) is 14.1 Å². The molecule has 0 aliphatic carbocycles. The van der Waals surface area contributed by atoms with Crippen LogP contribution in [0.15, 0.2) is 17.3 Å². The molecule has 1 aromatic rings. The van der Waals surface area contributed by atoms with Gasteiger partial charge < -0.3 is 4.90 Å². The lowest BCUT2D eigenvalue weighted by Gasteiger charge is -2.01. The summed E-state index contributed by atoms with van der Waals surface area (Å²) >= 11 is 1.90. The molecular formula is C8H9FIN3. The van der Waals surface area contributed by atoms with E-state index in [9.17, 15) is 4.39 Å². The van der Waals surface area contributed by atoms with Crippen LogP contribution in [0.5, 0.6) is 0 Å². The molecule has 0 fully saturated rings. The summed E-state index contributed by atoms with van der Waals surface area (Å²) in [5.41, 5.74) is 0. The second kappa shape index (κ2) is 4.50. The zero-order valence-corrected chi connectivity index (χ0v) is 9.49. The van der Waals surface area contributed by atoms with Crippen molar-refractivity contribution >= 4 is 34.7 Å². The van der Waals surface area contributed by atoms with E-state index in [4.69, 9.17) is 0 Å². The van der Waals surface area contributed by atoms with Crippen molar-refractivity contribution in [1.82, 2.24) is 9.88 Å². The van der Waals surface area contributed by atoms with Crippen molar-refractivity contribution in [3.63, 3.8) is 0 Å². The molecule has 0 unspecified atom stereocenters. The van der Waals surface area contributed by atoms with E-state index >= 15 is 0 Å². The summed E-state index contributed by atoms with van der Waals surface area (Å²) in [5, 5.41) is 0. The molecule has 13 heavy (non-hydrogen) atoms. The molecule has 1 aromatic heterocycles. The first-order chi connectivity index (χ1) is 6.09.